The zero-order valence-electron chi connectivity index (χ0n) is 15.4. The first-order chi connectivity index (χ1) is 13.2. The summed E-state index contributed by atoms with van der Waals surface area (Å²) in [6, 6.07) is 15.0. The quantitative estimate of drug-likeness (QED) is 0.534. The maximum Gasteiger partial charge on any atom is 0.0845 e. The number of aliphatic hydroxyl groups excluding tert-OH is 2. The third-order valence-corrected chi connectivity index (χ3v) is 6.15. The lowest BCUT2D eigenvalue weighted by Gasteiger charge is -2.35. The molecule has 1 fully saturated rings. The Kier molecular flexibility index (Phi) is 5.99. The van der Waals surface area contributed by atoms with Gasteiger partial charge in [0.25, 0.3) is 0 Å². The Morgan fingerprint density at radius 2 is 1.59 bits per heavy atom. The minimum Gasteiger partial charge on any atom is -0.395 e. The Labute approximate surface area is 173 Å². The van der Waals surface area contributed by atoms with E-state index in [9.17, 15) is 5.11 Å². The van der Waals surface area contributed by atoms with Gasteiger partial charge in [0.1, 0.15) is 0 Å². The standard InChI is InChI=1S/C21H26IN3O2/c22-16-5-6-21-19(13-16)18-3-1-2-4-20(18)25(21)15-17(27)14-24-9-7-23(8-10-24)11-12-26/h1-6,13,17,26-27H,7-12,14-15H2. The fraction of sp³-hybridized carbons (Fsp3) is 0.429. The summed E-state index contributed by atoms with van der Waals surface area (Å²) in [5.74, 6) is 0. The van der Waals surface area contributed by atoms with E-state index in [4.69, 9.17) is 5.11 Å². The van der Waals surface area contributed by atoms with Crippen molar-refractivity contribution < 1.29 is 10.2 Å². The van der Waals surface area contributed by atoms with E-state index >= 15 is 0 Å². The van der Waals surface area contributed by atoms with Gasteiger partial charge in [0.15, 0.2) is 0 Å². The van der Waals surface area contributed by atoms with Crippen molar-refractivity contribution in [3.8, 4) is 0 Å². The van der Waals surface area contributed by atoms with Crippen LogP contribution in [-0.4, -0.2) is 76.6 Å². The van der Waals surface area contributed by atoms with Crippen LogP contribution in [0.15, 0.2) is 42.5 Å². The van der Waals surface area contributed by atoms with Gasteiger partial charge in [-0.15, -0.1) is 0 Å². The fourth-order valence-electron chi connectivity index (χ4n) is 4.13. The van der Waals surface area contributed by atoms with Crippen LogP contribution in [0.1, 0.15) is 0 Å². The summed E-state index contributed by atoms with van der Waals surface area (Å²) in [4.78, 5) is 4.60. The third kappa shape index (κ3) is 4.14. The average molecular weight is 479 g/mol. The van der Waals surface area contributed by atoms with Crippen molar-refractivity contribution in [1.29, 1.82) is 0 Å². The maximum absolute atomic E-state index is 10.8. The molecule has 1 saturated heterocycles. The number of fused-ring (bicyclic) bond motifs is 3. The van der Waals surface area contributed by atoms with Crippen molar-refractivity contribution in [2.24, 2.45) is 0 Å². The van der Waals surface area contributed by atoms with Crippen molar-refractivity contribution >= 4 is 44.4 Å². The van der Waals surface area contributed by atoms with Gasteiger partial charge in [-0.25, -0.2) is 0 Å². The molecule has 2 N–H and O–H groups in total. The number of aromatic nitrogens is 1. The summed E-state index contributed by atoms with van der Waals surface area (Å²) >= 11 is 2.35. The molecule has 0 spiro atoms. The molecule has 1 aromatic heterocycles. The number of hydrogen-bond acceptors (Lipinski definition) is 4. The van der Waals surface area contributed by atoms with Crippen LogP contribution >= 0.6 is 22.6 Å². The number of nitrogens with zero attached hydrogens (tertiary/aromatic N) is 3. The van der Waals surface area contributed by atoms with Crippen molar-refractivity contribution in [3.05, 3.63) is 46.0 Å². The number of rotatable bonds is 6. The molecular weight excluding hydrogens is 453 g/mol. The van der Waals surface area contributed by atoms with E-state index in [1.807, 2.05) is 0 Å². The monoisotopic (exact) mass is 479 g/mol. The highest BCUT2D eigenvalue weighted by molar-refractivity contribution is 14.1. The topological polar surface area (TPSA) is 51.9 Å². The first kappa shape index (κ1) is 19.1. The highest BCUT2D eigenvalue weighted by Crippen LogP contribution is 2.30. The number of aliphatic hydroxyl groups is 2. The Morgan fingerprint density at radius 1 is 0.889 bits per heavy atom. The Bertz CT molecular complexity index is 918. The number of piperazine rings is 1. The lowest BCUT2D eigenvalue weighted by Crippen LogP contribution is -2.49. The second kappa shape index (κ2) is 8.45. The van der Waals surface area contributed by atoms with Gasteiger partial charge in [-0.3, -0.25) is 9.80 Å². The number of hydrogen-bond donors (Lipinski definition) is 2. The third-order valence-electron chi connectivity index (χ3n) is 5.48. The summed E-state index contributed by atoms with van der Waals surface area (Å²) in [6.45, 7) is 6.06. The van der Waals surface area contributed by atoms with Crippen molar-refractivity contribution in [2.75, 3.05) is 45.9 Å². The number of para-hydroxylation sites is 1. The van der Waals surface area contributed by atoms with Crippen LogP contribution in [0.25, 0.3) is 21.8 Å². The van der Waals surface area contributed by atoms with Crippen LogP contribution in [0.2, 0.25) is 0 Å². The fourth-order valence-corrected chi connectivity index (χ4v) is 4.62. The van der Waals surface area contributed by atoms with Crippen LogP contribution in [0.5, 0.6) is 0 Å². The smallest absolute Gasteiger partial charge is 0.0845 e. The first-order valence-corrected chi connectivity index (χ1v) is 10.6. The maximum atomic E-state index is 10.8. The molecule has 3 aromatic rings. The molecule has 0 amide bonds. The predicted molar refractivity (Wildman–Crippen MR) is 118 cm³/mol. The summed E-state index contributed by atoms with van der Waals surface area (Å²) in [7, 11) is 0. The van der Waals surface area contributed by atoms with E-state index in [1.165, 1.54) is 25.4 Å². The van der Waals surface area contributed by atoms with Gasteiger partial charge < -0.3 is 14.8 Å². The summed E-state index contributed by atoms with van der Waals surface area (Å²) in [5.41, 5.74) is 2.37. The molecule has 0 bridgehead atoms. The van der Waals surface area contributed by atoms with Crippen molar-refractivity contribution in [2.45, 2.75) is 12.6 Å². The van der Waals surface area contributed by atoms with Crippen LogP contribution in [-0.2, 0) is 6.54 Å². The van der Waals surface area contributed by atoms with Gasteiger partial charge >= 0.3 is 0 Å². The normalized spacial score (nSPS) is 17.7. The zero-order chi connectivity index (χ0) is 18.8. The van der Waals surface area contributed by atoms with Gasteiger partial charge in [-0.1, -0.05) is 18.2 Å². The summed E-state index contributed by atoms with van der Waals surface area (Å²) in [6.07, 6.45) is -0.410. The second-order valence-corrected chi connectivity index (χ2v) is 8.55. The average Bonchev–Trinajstić information content (AvgIpc) is 2.97. The van der Waals surface area contributed by atoms with Gasteiger partial charge in [-0.05, 0) is 46.9 Å². The molecular formula is C21H26IN3O2. The second-order valence-electron chi connectivity index (χ2n) is 7.31. The molecule has 1 atom stereocenters. The molecule has 1 aliphatic rings. The molecule has 2 heterocycles. The van der Waals surface area contributed by atoms with E-state index in [0.29, 0.717) is 13.1 Å². The molecule has 5 nitrogen and oxygen atoms in total. The van der Waals surface area contributed by atoms with Crippen molar-refractivity contribution in [3.63, 3.8) is 0 Å². The lowest BCUT2D eigenvalue weighted by molar-refractivity contribution is 0.0601. The summed E-state index contributed by atoms with van der Waals surface area (Å²) < 4.78 is 3.48. The highest BCUT2D eigenvalue weighted by atomic mass is 127. The van der Waals surface area contributed by atoms with E-state index in [-0.39, 0.29) is 6.61 Å². The number of β-amino-alcohol motifs (C(OH)–C–C–N with tert-alkyl or cyclic N) is 2. The van der Waals surface area contributed by atoms with Gasteiger partial charge in [-0.2, -0.15) is 0 Å². The van der Waals surface area contributed by atoms with Gasteiger partial charge in [0, 0.05) is 64.6 Å². The molecule has 0 aliphatic carbocycles. The first-order valence-electron chi connectivity index (χ1n) is 9.56. The number of halogens is 1. The van der Waals surface area contributed by atoms with E-state index in [1.54, 1.807) is 0 Å². The van der Waals surface area contributed by atoms with Crippen LogP contribution in [0.3, 0.4) is 0 Å². The Hall–Kier alpha value is -1.19. The molecule has 0 saturated carbocycles. The minimum absolute atomic E-state index is 0.218. The Morgan fingerprint density at radius 3 is 2.37 bits per heavy atom. The van der Waals surface area contributed by atoms with Crippen molar-refractivity contribution in [1.82, 2.24) is 14.4 Å². The highest BCUT2D eigenvalue weighted by Gasteiger charge is 2.20. The van der Waals surface area contributed by atoms with Crippen LogP contribution in [0.4, 0.5) is 0 Å². The predicted octanol–water partition coefficient (Wildman–Crippen LogP) is 2.37. The molecule has 0 radical (unpaired) electrons. The molecule has 4 rings (SSSR count). The molecule has 1 aliphatic heterocycles. The molecule has 1 unspecified atom stereocenters. The largest absolute Gasteiger partial charge is 0.395 e. The molecule has 2 aromatic carbocycles. The molecule has 27 heavy (non-hydrogen) atoms. The molecule has 144 valence electrons. The van der Waals surface area contributed by atoms with E-state index < -0.39 is 6.10 Å². The van der Waals surface area contributed by atoms with E-state index in [0.717, 1.165) is 32.7 Å². The lowest BCUT2D eigenvalue weighted by atomic mass is 10.2. The van der Waals surface area contributed by atoms with E-state index in [2.05, 4.69) is 79.4 Å². The van der Waals surface area contributed by atoms with Gasteiger partial charge in [0.2, 0.25) is 0 Å². The van der Waals surface area contributed by atoms with Crippen LogP contribution < -0.4 is 0 Å². The Balaban J connectivity index is 1.51. The summed E-state index contributed by atoms with van der Waals surface area (Å²) in [5, 5.41) is 22.4. The minimum atomic E-state index is -0.410. The zero-order valence-corrected chi connectivity index (χ0v) is 17.5. The van der Waals surface area contributed by atoms with Crippen LogP contribution in [0, 0.1) is 3.57 Å². The molecule has 6 heteroatoms. The SMILES string of the molecule is OCCN1CCN(CC(O)Cn2c3ccccc3c3cc(I)ccc32)CC1. The van der Waals surface area contributed by atoms with Gasteiger partial charge in [0.05, 0.1) is 19.3 Å². The number of benzene rings is 2.